The molecule has 4 aromatic rings. The second kappa shape index (κ2) is 6.49. The Hall–Kier alpha value is -3.60. The smallest absolute Gasteiger partial charge is 0.180 e. The summed E-state index contributed by atoms with van der Waals surface area (Å²) in [4.78, 5) is 13.5. The van der Waals surface area contributed by atoms with Gasteiger partial charge in [0.05, 0.1) is 22.8 Å². The highest BCUT2D eigenvalue weighted by Crippen LogP contribution is 2.28. The third-order valence-corrected chi connectivity index (χ3v) is 3.82. The third-order valence-electron chi connectivity index (χ3n) is 3.82. The fourth-order valence-corrected chi connectivity index (χ4v) is 2.59. The quantitative estimate of drug-likeness (QED) is 0.427. The van der Waals surface area contributed by atoms with Crippen LogP contribution in [0.25, 0.3) is 33.9 Å². The van der Waals surface area contributed by atoms with Crippen LogP contribution in [-0.2, 0) is 0 Å². The van der Waals surface area contributed by atoms with E-state index in [1.807, 2.05) is 48.5 Å². The van der Waals surface area contributed by atoms with Crippen molar-refractivity contribution in [1.82, 2.24) is 15.0 Å². The van der Waals surface area contributed by atoms with Gasteiger partial charge in [-0.3, -0.25) is 9.97 Å². The molecule has 0 aromatic carbocycles. The standard InChI is InChI=1S/C20H14N4O/c25-24-11-7-15(8-12-24)16-13-19(17-5-1-3-9-21-17)23-20(14-16)18-6-2-4-10-22-18/h1-14H. The molecular weight excluding hydrogens is 312 g/mol. The minimum atomic E-state index is 0.762. The van der Waals surface area contributed by atoms with E-state index in [1.54, 1.807) is 24.5 Å². The first-order valence-electron chi connectivity index (χ1n) is 7.84. The lowest BCUT2D eigenvalue weighted by molar-refractivity contribution is -0.605. The van der Waals surface area contributed by atoms with E-state index in [2.05, 4.69) is 9.97 Å². The van der Waals surface area contributed by atoms with Gasteiger partial charge in [-0.1, -0.05) is 12.1 Å². The van der Waals surface area contributed by atoms with Gasteiger partial charge in [-0.25, -0.2) is 4.98 Å². The molecule has 0 atom stereocenters. The predicted octanol–water partition coefficient (Wildman–Crippen LogP) is 3.51. The highest BCUT2D eigenvalue weighted by molar-refractivity contribution is 5.74. The van der Waals surface area contributed by atoms with Crippen molar-refractivity contribution in [1.29, 1.82) is 0 Å². The third kappa shape index (κ3) is 3.21. The van der Waals surface area contributed by atoms with E-state index >= 15 is 0 Å². The summed E-state index contributed by atoms with van der Waals surface area (Å²) in [6.45, 7) is 0. The fourth-order valence-electron chi connectivity index (χ4n) is 2.59. The SMILES string of the molecule is [O-][n+]1ccc(-c2cc(-c3ccccn3)nc(-c3ccccn3)c2)cc1. The second-order valence-electron chi connectivity index (χ2n) is 5.50. The van der Waals surface area contributed by atoms with Gasteiger partial charge < -0.3 is 5.21 Å². The van der Waals surface area contributed by atoms with E-state index in [1.165, 1.54) is 12.4 Å². The Bertz CT molecular complexity index is 929. The van der Waals surface area contributed by atoms with Crippen LogP contribution in [-0.4, -0.2) is 15.0 Å². The number of rotatable bonds is 3. The number of hydrogen-bond acceptors (Lipinski definition) is 4. The Morgan fingerprint density at radius 3 is 1.68 bits per heavy atom. The molecule has 4 rings (SSSR count). The van der Waals surface area contributed by atoms with Crippen LogP contribution in [0, 0.1) is 5.21 Å². The molecule has 0 bridgehead atoms. The summed E-state index contributed by atoms with van der Waals surface area (Å²) >= 11 is 0. The van der Waals surface area contributed by atoms with Gasteiger partial charge in [-0.15, -0.1) is 0 Å². The van der Waals surface area contributed by atoms with Crippen molar-refractivity contribution in [2.75, 3.05) is 0 Å². The zero-order valence-corrected chi connectivity index (χ0v) is 13.3. The van der Waals surface area contributed by atoms with E-state index in [0.29, 0.717) is 0 Å². The van der Waals surface area contributed by atoms with Crippen molar-refractivity contribution < 1.29 is 4.73 Å². The molecule has 0 unspecified atom stereocenters. The van der Waals surface area contributed by atoms with Gasteiger partial charge in [-0.05, 0) is 47.5 Å². The molecule has 0 N–H and O–H groups in total. The Balaban J connectivity index is 1.90. The molecule has 0 saturated heterocycles. The average molecular weight is 326 g/mol. The lowest BCUT2D eigenvalue weighted by Gasteiger charge is -2.09. The molecule has 4 aromatic heterocycles. The first kappa shape index (κ1) is 15.0. The molecule has 0 fully saturated rings. The van der Waals surface area contributed by atoms with Crippen LogP contribution in [0.4, 0.5) is 0 Å². The van der Waals surface area contributed by atoms with Crippen LogP contribution in [0.3, 0.4) is 0 Å². The van der Waals surface area contributed by atoms with Crippen molar-refractivity contribution >= 4 is 0 Å². The number of pyridine rings is 4. The van der Waals surface area contributed by atoms with Crippen molar-refractivity contribution in [2.24, 2.45) is 0 Å². The molecule has 25 heavy (non-hydrogen) atoms. The second-order valence-corrected chi connectivity index (χ2v) is 5.50. The van der Waals surface area contributed by atoms with Gasteiger partial charge in [0.1, 0.15) is 0 Å². The molecule has 0 aliphatic rings. The van der Waals surface area contributed by atoms with Crippen LogP contribution in [0.5, 0.6) is 0 Å². The van der Waals surface area contributed by atoms with E-state index in [4.69, 9.17) is 4.98 Å². The van der Waals surface area contributed by atoms with Crippen LogP contribution >= 0.6 is 0 Å². The van der Waals surface area contributed by atoms with E-state index in [0.717, 1.165) is 38.6 Å². The van der Waals surface area contributed by atoms with E-state index in [9.17, 15) is 5.21 Å². The predicted molar refractivity (Wildman–Crippen MR) is 95.1 cm³/mol. The summed E-state index contributed by atoms with van der Waals surface area (Å²) in [7, 11) is 0. The molecule has 5 heteroatoms. The maximum absolute atomic E-state index is 11.3. The normalized spacial score (nSPS) is 10.6. The molecule has 0 aliphatic carbocycles. The average Bonchev–Trinajstić information content (AvgIpc) is 2.69. The maximum atomic E-state index is 11.3. The lowest BCUT2D eigenvalue weighted by atomic mass is 10.0. The van der Waals surface area contributed by atoms with Crippen molar-refractivity contribution in [3.63, 3.8) is 0 Å². The van der Waals surface area contributed by atoms with Crippen molar-refractivity contribution in [2.45, 2.75) is 0 Å². The largest absolute Gasteiger partial charge is 0.619 e. The van der Waals surface area contributed by atoms with Crippen LogP contribution < -0.4 is 4.73 Å². The number of hydrogen-bond donors (Lipinski definition) is 0. The molecule has 0 radical (unpaired) electrons. The van der Waals surface area contributed by atoms with Crippen LogP contribution in [0.15, 0.2) is 85.5 Å². The van der Waals surface area contributed by atoms with Crippen LogP contribution in [0.2, 0.25) is 0 Å². The molecule has 120 valence electrons. The molecule has 0 spiro atoms. The zero-order valence-electron chi connectivity index (χ0n) is 13.3. The maximum Gasteiger partial charge on any atom is 0.180 e. The Kier molecular flexibility index (Phi) is 3.88. The minimum Gasteiger partial charge on any atom is -0.619 e. The molecule has 0 aliphatic heterocycles. The number of aromatic nitrogens is 4. The Morgan fingerprint density at radius 1 is 0.640 bits per heavy atom. The topological polar surface area (TPSA) is 65.6 Å². The van der Waals surface area contributed by atoms with E-state index in [-0.39, 0.29) is 0 Å². The summed E-state index contributed by atoms with van der Waals surface area (Å²) in [5, 5.41) is 11.3. The summed E-state index contributed by atoms with van der Waals surface area (Å²) in [5.74, 6) is 0. The first-order chi connectivity index (χ1) is 12.3. The van der Waals surface area contributed by atoms with E-state index < -0.39 is 0 Å². The van der Waals surface area contributed by atoms with Crippen molar-refractivity contribution in [3.05, 3.63) is 90.7 Å². The van der Waals surface area contributed by atoms with Crippen LogP contribution in [0.1, 0.15) is 0 Å². The molecule has 0 saturated carbocycles. The summed E-state index contributed by atoms with van der Waals surface area (Å²) in [5.41, 5.74) is 4.99. The van der Waals surface area contributed by atoms with Gasteiger partial charge in [0.15, 0.2) is 12.4 Å². The molecule has 0 amide bonds. The van der Waals surface area contributed by atoms with Gasteiger partial charge in [0, 0.05) is 24.5 Å². The number of nitrogens with zero attached hydrogens (tertiary/aromatic N) is 4. The van der Waals surface area contributed by atoms with Gasteiger partial charge in [-0.2, -0.15) is 4.73 Å². The molecular formula is C20H14N4O. The summed E-state index contributed by atoms with van der Waals surface area (Å²) < 4.78 is 0.768. The Labute approximate surface area is 144 Å². The van der Waals surface area contributed by atoms with Gasteiger partial charge >= 0.3 is 0 Å². The first-order valence-corrected chi connectivity index (χ1v) is 7.84. The van der Waals surface area contributed by atoms with Gasteiger partial charge in [0.2, 0.25) is 0 Å². The molecule has 5 nitrogen and oxygen atoms in total. The zero-order chi connectivity index (χ0) is 17.1. The Morgan fingerprint density at radius 2 is 1.20 bits per heavy atom. The highest BCUT2D eigenvalue weighted by Gasteiger charge is 2.10. The monoisotopic (exact) mass is 326 g/mol. The molecule has 4 heterocycles. The minimum absolute atomic E-state index is 0.762. The van der Waals surface area contributed by atoms with Gasteiger partial charge in [0.25, 0.3) is 0 Å². The fraction of sp³-hybridized carbons (Fsp3) is 0. The van der Waals surface area contributed by atoms with Crippen molar-refractivity contribution in [3.8, 4) is 33.9 Å². The lowest BCUT2D eigenvalue weighted by Crippen LogP contribution is -2.23. The summed E-state index contributed by atoms with van der Waals surface area (Å²) in [6, 6.07) is 19.0. The summed E-state index contributed by atoms with van der Waals surface area (Å²) in [6.07, 6.45) is 6.45. The highest BCUT2D eigenvalue weighted by atomic mass is 16.5.